The van der Waals surface area contributed by atoms with E-state index in [0.29, 0.717) is 42.2 Å². The van der Waals surface area contributed by atoms with E-state index in [9.17, 15) is 5.26 Å². The van der Waals surface area contributed by atoms with Gasteiger partial charge in [-0.2, -0.15) is 5.26 Å². The largest absolute Gasteiger partial charge is 0.396 e. The number of fused-ring (bicyclic) bond motifs is 1. The lowest BCUT2D eigenvalue weighted by atomic mass is 10.0. The molecule has 0 aromatic carbocycles. The fourth-order valence-corrected chi connectivity index (χ4v) is 3.13. The smallest absolute Gasteiger partial charge is 0.226 e. The van der Waals surface area contributed by atoms with Crippen molar-refractivity contribution in [2.24, 2.45) is 0 Å². The van der Waals surface area contributed by atoms with Crippen LogP contribution >= 0.6 is 0 Å². The number of aryl methyl sites for hydroxylation is 1. The zero-order valence-corrected chi connectivity index (χ0v) is 14.3. The lowest BCUT2D eigenvalue weighted by Gasteiger charge is -2.29. The SMILES string of the molecule is Cc1nc2nonc2c(N)c1Cc1ccc(N2CCOCC2)c(C#N)n1. The molecule has 1 fully saturated rings. The van der Waals surface area contributed by atoms with Crippen LogP contribution in [0.1, 0.15) is 22.6 Å². The van der Waals surface area contributed by atoms with E-state index in [1.807, 2.05) is 19.1 Å². The number of hydrogen-bond donors (Lipinski definition) is 1. The molecule has 2 N–H and O–H groups in total. The molecule has 132 valence electrons. The molecule has 4 rings (SSSR count). The summed E-state index contributed by atoms with van der Waals surface area (Å²) in [6.45, 7) is 4.66. The monoisotopic (exact) mass is 351 g/mol. The number of hydrogen-bond acceptors (Lipinski definition) is 9. The number of anilines is 2. The molecule has 0 amide bonds. The molecule has 1 saturated heterocycles. The fourth-order valence-electron chi connectivity index (χ4n) is 3.13. The van der Waals surface area contributed by atoms with Crippen molar-refractivity contribution in [1.82, 2.24) is 20.3 Å². The summed E-state index contributed by atoms with van der Waals surface area (Å²) < 4.78 is 10.1. The van der Waals surface area contributed by atoms with Crippen molar-refractivity contribution in [2.45, 2.75) is 13.3 Å². The number of nitriles is 1. The van der Waals surface area contributed by atoms with Gasteiger partial charge in [-0.05, 0) is 29.4 Å². The Morgan fingerprint density at radius 2 is 2.04 bits per heavy atom. The second-order valence-corrected chi connectivity index (χ2v) is 6.08. The minimum Gasteiger partial charge on any atom is -0.396 e. The minimum absolute atomic E-state index is 0.386. The molecule has 26 heavy (non-hydrogen) atoms. The molecule has 9 heteroatoms. The number of nitrogens with zero attached hydrogens (tertiary/aromatic N) is 6. The Labute approximate surface area is 149 Å². The highest BCUT2D eigenvalue weighted by Crippen LogP contribution is 2.26. The van der Waals surface area contributed by atoms with E-state index in [0.717, 1.165) is 35.7 Å². The van der Waals surface area contributed by atoms with Crippen LogP contribution in [0.15, 0.2) is 16.8 Å². The molecule has 9 nitrogen and oxygen atoms in total. The summed E-state index contributed by atoms with van der Waals surface area (Å²) >= 11 is 0. The molecular weight excluding hydrogens is 334 g/mol. The van der Waals surface area contributed by atoms with Gasteiger partial charge < -0.3 is 15.4 Å². The summed E-state index contributed by atoms with van der Waals surface area (Å²) in [6, 6.07) is 6.04. The van der Waals surface area contributed by atoms with Crippen molar-refractivity contribution in [2.75, 3.05) is 36.9 Å². The van der Waals surface area contributed by atoms with Crippen LogP contribution in [-0.2, 0) is 11.2 Å². The Balaban J connectivity index is 1.68. The molecule has 3 aromatic heterocycles. The average Bonchev–Trinajstić information content (AvgIpc) is 3.14. The van der Waals surface area contributed by atoms with Crippen LogP contribution in [0.25, 0.3) is 11.2 Å². The molecule has 0 aliphatic carbocycles. The summed E-state index contributed by atoms with van der Waals surface area (Å²) in [5.74, 6) is 0. The molecule has 1 aliphatic rings. The Morgan fingerprint density at radius 3 is 2.81 bits per heavy atom. The number of nitrogens with two attached hydrogens (primary N) is 1. The summed E-state index contributed by atoms with van der Waals surface area (Å²) in [5, 5.41) is 17.1. The third-order valence-electron chi connectivity index (χ3n) is 4.51. The van der Waals surface area contributed by atoms with E-state index in [-0.39, 0.29) is 0 Å². The van der Waals surface area contributed by atoms with Crippen LogP contribution in [0.3, 0.4) is 0 Å². The van der Waals surface area contributed by atoms with E-state index < -0.39 is 0 Å². The number of pyridine rings is 2. The Kier molecular flexibility index (Phi) is 4.10. The van der Waals surface area contributed by atoms with E-state index in [1.165, 1.54) is 0 Å². The quantitative estimate of drug-likeness (QED) is 0.740. The van der Waals surface area contributed by atoms with E-state index in [4.69, 9.17) is 15.1 Å². The first-order chi connectivity index (χ1) is 12.7. The molecule has 0 atom stereocenters. The van der Waals surface area contributed by atoms with E-state index in [2.05, 4.69) is 31.3 Å². The molecule has 0 unspecified atom stereocenters. The van der Waals surface area contributed by atoms with Crippen molar-refractivity contribution >= 4 is 22.5 Å². The first-order valence-electron chi connectivity index (χ1n) is 8.27. The molecule has 0 saturated carbocycles. The van der Waals surface area contributed by atoms with Gasteiger partial charge in [-0.15, -0.1) is 0 Å². The van der Waals surface area contributed by atoms with Gasteiger partial charge in [-0.1, -0.05) is 0 Å². The number of rotatable bonds is 3. The maximum absolute atomic E-state index is 9.52. The highest BCUT2D eigenvalue weighted by atomic mass is 16.6. The molecule has 0 bridgehead atoms. The predicted molar refractivity (Wildman–Crippen MR) is 93.5 cm³/mol. The second-order valence-electron chi connectivity index (χ2n) is 6.08. The van der Waals surface area contributed by atoms with Crippen LogP contribution in [0.5, 0.6) is 0 Å². The second kappa shape index (κ2) is 6.57. The third-order valence-corrected chi connectivity index (χ3v) is 4.51. The summed E-state index contributed by atoms with van der Waals surface area (Å²) in [4.78, 5) is 11.0. The van der Waals surface area contributed by atoms with Gasteiger partial charge in [0.2, 0.25) is 5.65 Å². The lowest BCUT2D eigenvalue weighted by molar-refractivity contribution is 0.122. The van der Waals surface area contributed by atoms with Crippen LogP contribution in [0.2, 0.25) is 0 Å². The van der Waals surface area contributed by atoms with Crippen molar-refractivity contribution in [3.05, 3.63) is 34.8 Å². The van der Waals surface area contributed by atoms with Crippen LogP contribution in [0.4, 0.5) is 11.4 Å². The number of ether oxygens (including phenoxy) is 1. The first-order valence-corrected chi connectivity index (χ1v) is 8.27. The lowest BCUT2D eigenvalue weighted by Crippen LogP contribution is -2.36. The van der Waals surface area contributed by atoms with Gasteiger partial charge >= 0.3 is 0 Å². The molecule has 3 aromatic rings. The zero-order chi connectivity index (χ0) is 18.1. The topological polar surface area (TPSA) is 127 Å². The molecule has 0 radical (unpaired) electrons. The Bertz CT molecular complexity index is 1000. The van der Waals surface area contributed by atoms with Crippen LogP contribution in [0, 0.1) is 18.3 Å². The number of aromatic nitrogens is 4. The normalized spacial score (nSPS) is 14.5. The highest BCUT2D eigenvalue weighted by molar-refractivity contribution is 5.85. The maximum atomic E-state index is 9.52. The molecule has 4 heterocycles. The van der Waals surface area contributed by atoms with Gasteiger partial charge in [-0.25, -0.2) is 14.6 Å². The third kappa shape index (κ3) is 2.80. The Hall–Kier alpha value is -3.25. The minimum atomic E-state index is 0.386. The average molecular weight is 351 g/mol. The van der Waals surface area contributed by atoms with Crippen molar-refractivity contribution in [3.63, 3.8) is 0 Å². The van der Waals surface area contributed by atoms with Crippen molar-refractivity contribution in [1.29, 1.82) is 5.26 Å². The summed E-state index contributed by atoms with van der Waals surface area (Å²) in [6.07, 6.45) is 0.450. The van der Waals surface area contributed by atoms with Crippen LogP contribution < -0.4 is 10.6 Å². The fraction of sp³-hybridized carbons (Fsp3) is 0.353. The van der Waals surface area contributed by atoms with Gasteiger partial charge in [0, 0.05) is 36.5 Å². The molecular formula is C17H17N7O2. The number of nitrogen functional groups attached to an aromatic ring is 1. The van der Waals surface area contributed by atoms with Gasteiger partial charge in [0.1, 0.15) is 6.07 Å². The standard InChI is InChI=1S/C17H17N7O2/c1-10-12(15(19)16-17(20-10)23-26-22-16)8-11-2-3-14(13(9-18)21-11)24-4-6-25-7-5-24/h2-3H,4-8,19H2,1H3. The van der Waals surface area contributed by atoms with Crippen LogP contribution in [-0.4, -0.2) is 46.6 Å². The highest BCUT2D eigenvalue weighted by Gasteiger charge is 2.18. The van der Waals surface area contributed by atoms with Gasteiger partial charge in [-0.3, -0.25) is 0 Å². The van der Waals surface area contributed by atoms with Gasteiger partial charge in [0.25, 0.3) is 0 Å². The Morgan fingerprint density at radius 1 is 1.23 bits per heavy atom. The van der Waals surface area contributed by atoms with E-state index >= 15 is 0 Å². The van der Waals surface area contributed by atoms with Crippen molar-refractivity contribution < 1.29 is 9.37 Å². The van der Waals surface area contributed by atoms with E-state index in [1.54, 1.807) is 0 Å². The summed E-state index contributed by atoms with van der Waals surface area (Å²) in [5.41, 5.74) is 11.0. The molecule has 0 spiro atoms. The predicted octanol–water partition coefficient (Wildman–Crippen LogP) is 1.20. The van der Waals surface area contributed by atoms with Crippen molar-refractivity contribution in [3.8, 4) is 6.07 Å². The van der Waals surface area contributed by atoms with Gasteiger partial charge in [0.05, 0.1) is 24.6 Å². The zero-order valence-electron chi connectivity index (χ0n) is 14.3. The number of morpholine rings is 1. The maximum Gasteiger partial charge on any atom is 0.226 e. The summed E-state index contributed by atoms with van der Waals surface area (Å²) in [7, 11) is 0. The van der Waals surface area contributed by atoms with Gasteiger partial charge in [0.15, 0.2) is 11.2 Å². The first kappa shape index (κ1) is 16.2. The molecule has 1 aliphatic heterocycles.